The van der Waals surface area contributed by atoms with Crippen LogP contribution < -0.4 is 15.0 Å². The lowest BCUT2D eigenvalue weighted by molar-refractivity contribution is -0.122. The van der Waals surface area contributed by atoms with E-state index in [0.29, 0.717) is 16.8 Å². The van der Waals surface area contributed by atoms with Gasteiger partial charge in [-0.1, -0.05) is 53.0 Å². The molecular weight excluding hydrogens is 482 g/mol. The minimum Gasteiger partial charge on any atom is -0.486 e. The number of carbonyl (C=O) groups is 3. The Bertz CT molecular complexity index is 1320. The Morgan fingerprint density at radius 2 is 1.68 bits per heavy atom. The van der Waals surface area contributed by atoms with E-state index >= 15 is 0 Å². The fourth-order valence-electron chi connectivity index (χ4n) is 3.34. The molecule has 3 aromatic carbocycles. The quantitative estimate of drug-likeness (QED) is 0.362. The van der Waals surface area contributed by atoms with Crippen LogP contribution in [0.25, 0.3) is 6.08 Å². The average molecular weight is 499 g/mol. The fourth-order valence-corrected chi connectivity index (χ4v) is 3.95. The first kappa shape index (κ1) is 23.5. The number of halogens is 3. The summed E-state index contributed by atoms with van der Waals surface area (Å²) in [7, 11) is 0. The molecule has 3 aromatic rings. The van der Waals surface area contributed by atoms with Crippen LogP contribution in [0.1, 0.15) is 16.7 Å². The van der Waals surface area contributed by atoms with E-state index in [4.69, 9.17) is 27.9 Å². The number of ether oxygens (including phenoxy) is 1. The van der Waals surface area contributed by atoms with Crippen LogP contribution in [0.3, 0.4) is 0 Å². The molecule has 9 heteroatoms. The molecule has 0 unspecified atom stereocenters. The molecule has 1 heterocycles. The number of rotatable bonds is 5. The van der Waals surface area contributed by atoms with Crippen molar-refractivity contribution in [2.24, 2.45) is 0 Å². The molecule has 0 radical (unpaired) electrons. The predicted octanol–water partition coefficient (Wildman–Crippen LogP) is 5.69. The summed E-state index contributed by atoms with van der Waals surface area (Å²) >= 11 is 12.6. The molecular formula is C25H17Cl2FN2O4. The highest BCUT2D eigenvalue weighted by atomic mass is 35.5. The van der Waals surface area contributed by atoms with Crippen LogP contribution in [0.2, 0.25) is 10.0 Å². The number of benzene rings is 3. The van der Waals surface area contributed by atoms with Gasteiger partial charge in [0, 0.05) is 0 Å². The van der Waals surface area contributed by atoms with Gasteiger partial charge in [-0.15, -0.1) is 0 Å². The van der Waals surface area contributed by atoms with Crippen molar-refractivity contribution in [3.63, 3.8) is 0 Å². The molecule has 0 saturated carbocycles. The van der Waals surface area contributed by atoms with Gasteiger partial charge in [-0.05, 0) is 60.5 Å². The first-order valence-corrected chi connectivity index (χ1v) is 10.8. The lowest BCUT2D eigenvalue weighted by Crippen LogP contribution is -2.54. The normalized spacial score (nSPS) is 15.0. The van der Waals surface area contributed by atoms with Crippen molar-refractivity contribution in [2.45, 2.75) is 13.5 Å². The van der Waals surface area contributed by atoms with Crippen LogP contribution >= 0.6 is 23.2 Å². The van der Waals surface area contributed by atoms with Gasteiger partial charge in [-0.3, -0.25) is 14.9 Å². The third-order valence-corrected chi connectivity index (χ3v) is 5.56. The van der Waals surface area contributed by atoms with E-state index in [1.807, 2.05) is 6.92 Å². The zero-order valence-corrected chi connectivity index (χ0v) is 19.3. The molecule has 1 saturated heterocycles. The van der Waals surface area contributed by atoms with Crippen LogP contribution in [-0.2, 0) is 16.2 Å². The van der Waals surface area contributed by atoms with Gasteiger partial charge < -0.3 is 4.74 Å². The SMILES string of the molecule is Cc1ccc(N2C(=O)NC(=O)/C(=C\c3cc(Cl)c(OCc4cccc(F)c4)c(Cl)c3)C2=O)cc1. The van der Waals surface area contributed by atoms with Gasteiger partial charge in [0.1, 0.15) is 18.0 Å². The molecule has 172 valence electrons. The summed E-state index contributed by atoms with van der Waals surface area (Å²) in [4.78, 5) is 38.6. The number of nitrogens with one attached hydrogen (secondary N) is 1. The monoisotopic (exact) mass is 498 g/mol. The molecule has 0 aromatic heterocycles. The van der Waals surface area contributed by atoms with E-state index < -0.39 is 23.7 Å². The maximum absolute atomic E-state index is 13.4. The van der Waals surface area contributed by atoms with E-state index in [9.17, 15) is 18.8 Å². The molecule has 1 N–H and O–H groups in total. The Hall–Kier alpha value is -3.68. The number of carbonyl (C=O) groups excluding carboxylic acids is 3. The first-order valence-electron chi connectivity index (χ1n) is 10.1. The number of hydrogen-bond donors (Lipinski definition) is 1. The second-order valence-corrected chi connectivity index (χ2v) is 8.34. The Kier molecular flexibility index (Phi) is 6.68. The number of anilines is 1. The van der Waals surface area contributed by atoms with Gasteiger partial charge in [-0.25, -0.2) is 14.1 Å². The van der Waals surface area contributed by atoms with Crippen molar-refractivity contribution in [1.29, 1.82) is 0 Å². The molecule has 0 aliphatic carbocycles. The number of urea groups is 1. The molecule has 4 amide bonds. The molecule has 6 nitrogen and oxygen atoms in total. The molecule has 0 bridgehead atoms. The Labute approximate surface area is 204 Å². The molecule has 0 atom stereocenters. The largest absolute Gasteiger partial charge is 0.486 e. The lowest BCUT2D eigenvalue weighted by atomic mass is 10.1. The van der Waals surface area contributed by atoms with Crippen molar-refractivity contribution in [3.8, 4) is 5.75 Å². The fraction of sp³-hybridized carbons (Fsp3) is 0.0800. The topological polar surface area (TPSA) is 75.7 Å². The lowest BCUT2D eigenvalue weighted by Gasteiger charge is -2.26. The summed E-state index contributed by atoms with van der Waals surface area (Å²) in [6.07, 6.45) is 1.29. The first-order chi connectivity index (χ1) is 16.2. The highest BCUT2D eigenvalue weighted by Crippen LogP contribution is 2.36. The maximum Gasteiger partial charge on any atom is 0.335 e. The van der Waals surface area contributed by atoms with Crippen molar-refractivity contribution >= 4 is 52.8 Å². The van der Waals surface area contributed by atoms with E-state index in [-0.39, 0.29) is 28.0 Å². The highest BCUT2D eigenvalue weighted by molar-refractivity contribution is 6.40. The molecule has 34 heavy (non-hydrogen) atoms. The number of hydrogen-bond acceptors (Lipinski definition) is 4. The minimum absolute atomic E-state index is 0.0339. The van der Waals surface area contributed by atoms with Crippen LogP contribution in [0.4, 0.5) is 14.9 Å². The van der Waals surface area contributed by atoms with Crippen LogP contribution in [0.5, 0.6) is 5.75 Å². The predicted molar refractivity (Wildman–Crippen MR) is 127 cm³/mol. The Morgan fingerprint density at radius 3 is 2.32 bits per heavy atom. The molecule has 4 rings (SSSR count). The standard InChI is InChI=1S/C25H17Cl2FN2O4/c1-14-5-7-18(8-6-14)30-24(32)19(23(31)29-25(30)33)10-16-11-20(26)22(21(27)12-16)34-13-15-3-2-4-17(28)9-15/h2-12H,13H2,1H3,(H,29,31,33)/b19-10+. The van der Waals surface area contributed by atoms with Gasteiger partial charge in [0.25, 0.3) is 11.8 Å². The van der Waals surface area contributed by atoms with Crippen LogP contribution in [0, 0.1) is 12.7 Å². The average Bonchev–Trinajstić information content (AvgIpc) is 2.77. The van der Waals surface area contributed by atoms with E-state index in [1.54, 1.807) is 36.4 Å². The number of imide groups is 2. The van der Waals surface area contributed by atoms with Crippen molar-refractivity contribution in [3.05, 3.63) is 98.8 Å². The van der Waals surface area contributed by atoms with Gasteiger partial charge >= 0.3 is 6.03 Å². The number of barbiturate groups is 1. The molecule has 1 aliphatic rings. The maximum atomic E-state index is 13.4. The minimum atomic E-state index is -0.840. The molecule has 1 aliphatic heterocycles. The Morgan fingerprint density at radius 1 is 1.00 bits per heavy atom. The zero-order valence-electron chi connectivity index (χ0n) is 17.8. The van der Waals surface area contributed by atoms with Crippen molar-refractivity contribution in [2.75, 3.05) is 4.90 Å². The van der Waals surface area contributed by atoms with Crippen molar-refractivity contribution in [1.82, 2.24) is 5.32 Å². The van der Waals surface area contributed by atoms with Crippen LogP contribution in [-0.4, -0.2) is 17.8 Å². The van der Waals surface area contributed by atoms with E-state index in [1.165, 1.54) is 30.3 Å². The summed E-state index contributed by atoms with van der Waals surface area (Å²) < 4.78 is 19.0. The van der Waals surface area contributed by atoms with Gasteiger partial charge in [-0.2, -0.15) is 0 Å². The van der Waals surface area contributed by atoms with Gasteiger partial charge in [0.2, 0.25) is 0 Å². The second-order valence-electron chi connectivity index (χ2n) is 7.53. The summed E-state index contributed by atoms with van der Waals surface area (Å²) in [5.41, 5.74) is 1.95. The third-order valence-electron chi connectivity index (χ3n) is 5.00. The van der Waals surface area contributed by atoms with Gasteiger partial charge in [0.05, 0.1) is 15.7 Å². The Balaban J connectivity index is 1.60. The van der Waals surface area contributed by atoms with Crippen LogP contribution in [0.15, 0.2) is 66.2 Å². The van der Waals surface area contributed by atoms with E-state index in [2.05, 4.69) is 5.32 Å². The zero-order chi connectivity index (χ0) is 24.4. The highest BCUT2D eigenvalue weighted by Gasteiger charge is 2.36. The molecule has 1 fully saturated rings. The second kappa shape index (κ2) is 9.67. The summed E-state index contributed by atoms with van der Waals surface area (Å²) in [5.74, 6) is -1.84. The van der Waals surface area contributed by atoms with Gasteiger partial charge in [0.15, 0.2) is 5.75 Å². The van der Waals surface area contributed by atoms with Crippen molar-refractivity contribution < 1.29 is 23.5 Å². The molecule has 0 spiro atoms. The summed E-state index contributed by atoms with van der Waals surface area (Å²) in [6.45, 7) is 1.90. The smallest absolute Gasteiger partial charge is 0.335 e. The number of amides is 4. The third kappa shape index (κ3) is 4.95. The van der Waals surface area contributed by atoms with E-state index in [0.717, 1.165) is 10.5 Å². The number of nitrogens with zero attached hydrogens (tertiary/aromatic N) is 1. The summed E-state index contributed by atoms with van der Waals surface area (Å²) in [5, 5.41) is 2.43. The summed E-state index contributed by atoms with van der Waals surface area (Å²) in [6, 6.07) is 14.7. The number of aryl methyl sites for hydroxylation is 1.